The number of urea groups is 1. The minimum Gasteiger partial charge on any atom is -0.323 e. The molecule has 1 fully saturated rings. The largest absolute Gasteiger partial charge is 0.323 e. The van der Waals surface area contributed by atoms with Crippen LogP contribution in [0.1, 0.15) is 17.5 Å². The molecule has 3 amide bonds. The molecule has 0 aliphatic carbocycles. The van der Waals surface area contributed by atoms with Crippen molar-refractivity contribution in [2.45, 2.75) is 18.8 Å². The first-order valence-corrected chi connectivity index (χ1v) is 8.51. The van der Waals surface area contributed by atoms with Crippen LogP contribution < -0.4 is 10.2 Å². The average molecular weight is 335 g/mol. The van der Waals surface area contributed by atoms with Crippen molar-refractivity contribution in [1.82, 2.24) is 4.90 Å². The summed E-state index contributed by atoms with van der Waals surface area (Å²) in [6.07, 6.45) is 0.661. The van der Waals surface area contributed by atoms with Gasteiger partial charge < -0.3 is 15.1 Å². The second-order valence-electron chi connectivity index (χ2n) is 6.93. The maximum Gasteiger partial charge on any atom is 0.321 e. The van der Waals surface area contributed by atoms with Crippen molar-refractivity contribution in [3.8, 4) is 0 Å². The van der Waals surface area contributed by atoms with Crippen LogP contribution in [-0.4, -0.2) is 37.0 Å². The van der Waals surface area contributed by atoms with Crippen LogP contribution in [0.4, 0.5) is 16.2 Å². The van der Waals surface area contributed by atoms with Crippen LogP contribution in [0.15, 0.2) is 48.5 Å². The second-order valence-corrected chi connectivity index (χ2v) is 6.93. The van der Waals surface area contributed by atoms with Gasteiger partial charge in [-0.1, -0.05) is 30.3 Å². The predicted octanol–water partition coefficient (Wildman–Crippen LogP) is 3.15. The number of para-hydroxylation sites is 1. The molecule has 128 valence electrons. The fourth-order valence-corrected chi connectivity index (χ4v) is 4.02. The van der Waals surface area contributed by atoms with E-state index in [1.54, 1.807) is 9.80 Å². The van der Waals surface area contributed by atoms with Crippen LogP contribution >= 0.6 is 0 Å². The van der Waals surface area contributed by atoms with Crippen LogP contribution in [0.25, 0.3) is 0 Å². The molecular weight excluding hydrogens is 314 g/mol. The number of carbonyl (C=O) groups is 2. The molecule has 0 aromatic heterocycles. The Morgan fingerprint density at radius 1 is 1.16 bits per heavy atom. The van der Waals surface area contributed by atoms with Gasteiger partial charge in [0.25, 0.3) is 0 Å². The van der Waals surface area contributed by atoms with Gasteiger partial charge in [-0.3, -0.25) is 4.79 Å². The second kappa shape index (κ2) is 5.62. The Balaban J connectivity index is 1.57. The predicted molar refractivity (Wildman–Crippen MR) is 97.9 cm³/mol. The van der Waals surface area contributed by atoms with Gasteiger partial charge in [0.05, 0.1) is 5.41 Å². The monoisotopic (exact) mass is 335 g/mol. The molecule has 25 heavy (non-hydrogen) atoms. The average Bonchev–Trinajstić information content (AvgIpc) is 3.14. The third kappa shape index (κ3) is 2.38. The van der Waals surface area contributed by atoms with Crippen LogP contribution in [-0.2, 0) is 10.2 Å². The van der Waals surface area contributed by atoms with Crippen molar-refractivity contribution < 1.29 is 9.59 Å². The van der Waals surface area contributed by atoms with E-state index in [1.807, 2.05) is 62.5 Å². The van der Waals surface area contributed by atoms with E-state index in [-0.39, 0.29) is 11.9 Å². The van der Waals surface area contributed by atoms with Crippen molar-refractivity contribution >= 4 is 23.3 Å². The Morgan fingerprint density at radius 2 is 1.96 bits per heavy atom. The standard InChI is InChI=1S/C20H21N3O2/c1-14-6-5-7-15(12-14)21-19(25)23-11-10-20(13-23)16-8-3-4-9-17(16)22(2)18(20)24/h3-9,12H,10-11,13H2,1-2H3,(H,21,25)/t20-/m0/s1. The van der Waals surface area contributed by atoms with Crippen LogP contribution in [0.3, 0.4) is 0 Å². The number of hydrogen-bond donors (Lipinski definition) is 1. The number of carbonyl (C=O) groups excluding carboxylic acids is 2. The lowest BCUT2D eigenvalue weighted by atomic mass is 9.81. The number of rotatable bonds is 1. The van der Waals surface area contributed by atoms with E-state index in [1.165, 1.54) is 0 Å². The lowest BCUT2D eigenvalue weighted by Gasteiger charge is -2.23. The number of nitrogens with one attached hydrogen (secondary N) is 1. The number of aryl methyl sites for hydroxylation is 1. The Bertz CT molecular complexity index is 864. The highest BCUT2D eigenvalue weighted by molar-refractivity contribution is 6.08. The van der Waals surface area contributed by atoms with E-state index >= 15 is 0 Å². The van der Waals surface area contributed by atoms with Gasteiger partial charge in [0.2, 0.25) is 5.91 Å². The van der Waals surface area contributed by atoms with Crippen molar-refractivity contribution in [3.05, 3.63) is 59.7 Å². The molecule has 2 aromatic carbocycles. The van der Waals surface area contributed by atoms with Gasteiger partial charge in [0.15, 0.2) is 0 Å². The van der Waals surface area contributed by atoms with E-state index in [4.69, 9.17) is 0 Å². The van der Waals surface area contributed by atoms with Gasteiger partial charge in [-0.25, -0.2) is 4.79 Å². The normalized spacial score (nSPS) is 21.8. The van der Waals surface area contributed by atoms with Gasteiger partial charge in [-0.2, -0.15) is 0 Å². The highest BCUT2D eigenvalue weighted by Gasteiger charge is 2.54. The molecule has 0 radical (unpaired) electrons. The molecule has 2 aliphatic heterocycles. The summed E-state index contributed by atoms with van der Waals surface area (Å²) in [5.74, 6) is 0.0829. The molecule has 5 heteroatoms. The summed E-state index contributed by atoms with van der Waals surface area (Å²) < 4.78 is 0. The molecule has 0 bridgehead atoms. The van der Waals surface area contributed by atoms with Crippen LogP contribution in [0.2, 0.25) is 0 Å². The highest BCUT2D eigenvalue weighted by Crippen LogP contribution is 2.46. The molecule has 0 saturated carbocycles. The molecule has 1 N–H and O–H groups in total. The van der Waals surface area contributed by atoms with E-state index in [0.29, 0.717) is 19.5 Å². The minimum atomic E-state index is -0.602. The van der Waals surface area contributed by atoms with Crippen LogP contribution in [0.5, 0.6) is 0 Å². The summed E-state index contributed by atoms with van der Waals surface area (Å²) in [6.45, 7) is 2.99. The number of fused-ring (bicyclic) bond motifs is 2. The molecule has 2 heterocycles. The lowest BCUT2D eigenvalue weighted by molar-refractivity contribution is -0.122. The number of nitrogens with zero attached hydrogens (tertiary/aromatic N) is 2. The zero-order chi connectivity index (χ0) is 17.6. The SMILES string of the molecule is Cc1cccc(NC(=O)N2CC[C@@]3(C2)C(=O)N(C)c2ccccc23)c1. The quantitative estimate of drug-likeness (QED) is 0.870. The number of amides is 3. The summed E-state index contributed by atoms with van der Waals surface area (Å²) >= 11 is 0. The summed E-state index contributed by atoms with van der Waals surface area (Å²) in [7, 11) is 1.81. The Labute approximate surface area is 147 Å². The number of benzene rings is 2. The first-order chi connectivity index (χ1) is 12.0. The summed E-state index contributed by atoms with van der Waals surface area (Å²) in [5, 5.41) is 2.94. The third-order valence-corrected chi connectivity index (χ3v) is 5.32. The van der Waals surface area contributed by atoms with Gasteiger partial charge in [0.1, 0.15) is 0 Å². The Hall–Kier alpha value is -2.82. The molecule has 1 atom stereocenters. The maximum absolute atomic E-state index is 12.9. The lowest BCUT2D eigenvalue weighted by Crippen LogP contribution is -2.42. The summed E-state index contributed by atoms with van der Waals surface area (Å²) in [6, 6.07) is 15.5. The Kier molecular flexibility index (Phi) is 3.53. The molecule has 1 saturated heterocycles. The fourth-order valence-electron chi connectivity index (χ4n) is 4.02. The third-order valence-electron chi connectivity index (χ3n) is 5.32. The minimum absolute atomic E-state index is 0.0829. The summed E-state index contributed by atoms with van der Waals surface area (Å²) in [5.41, 5.74) is 3.26. The highest BCUT2D eigenvalue weighted by atomic mass is 16.2. The molecular formula is C20H21N3O2. The van der Waals surface area contributed by atoms with Crippen molar-refractivity contribution in [1.29, 1.82) is 0 Å². The van der Waals surface area contributed by atoms with Gasteiger partial charge >= 0.3 is 6.03 Å². The topological polar surface area (TPSA) is 52.7 Å². The first-order valence-electron chi connectivity index (χ1n) is 8.51. The maximum atomic E-state index is 12.9. The number of anilines is 2. The summed E-state index contributed by atoms with van der Waals surface area (Å²) in [4.78, 5) is 29.0. The smallest absolute Gasteiger partial charge is 0.321 e. The van der Waals surface area contributed by atoms with E-state index < -0.39 is 5.41 Å². The zero-order valence-electron chi connectivity index (χ0n) is 14.5. The van der Waals surface area contributed by atoms with Crippen molar-refractivity contribution in [2.24, 2.45) is 0 Å². The van der Waals surface area contributed by atoms with Crippen molar-refractivity contribution in [2.75, 3.05) is 30.4 Å². The van der Waals surface area contributed by atoms with Crippen molar-refractivity contribution in [3.63, 3.8) is 0 Å². The fraction of sp³-hybridized carbons (Fsp3) is 0.300. The van der Waals surface area contributed by atoms with Gasteiger partial charge in [-0.05, 0) is 42.7 Å². The Morgan fingerprint density at radius 3 is 2.76 bits per heavy atom. The number of likely N-dealkylation sites (tertiary alicyclic amines) is 1. The number of hydrogen-bond acceptors (Lipinski definition) is 2. The molecule has 4 rings (SSSR count). The molecule has 5 nitrogen and oxygen atoms in total. The van der Waals surface area contributed by atoms with E-state index in [9.17, 15) is 9.59 Å². The van der Waals surface area contributed by atoms with E-state index in [2.05, 4.69) is 5.32 Å². The first kappa shape index (κ1) is 15.7. The van der Waals surface area contributed by atoms with Crippen LogP contribution in [0, 0.1) is 6.92 Å². The zero-order valence-corrected chi connectivity index (χ0v) is 14.5. The molecule has 1 spiro atoms. The van der Waals surface area contributed by atoms with Gasteiger partial charge in [-0.15, -0.1) is 0 Å². The molecule has 0 unspecified atom stereocenters. The number of likely N-dealkylation sites (N-methyl/N-ethyl adjacent to an activating group) is 1. The molecule has 2 aromatic rings. The molecule has 2 aliphatic rings. The van der Waals surface area contributed by atoms with Gasteiger partial charge in [0, 0.05) is 31.5 Å². The van der Waals surface area contributed by atoms with E-state index in [0.717, 1.165) is 22.5 Å².